The van der Waals surface area contributed by atoms with Gasteiger partial charge in [-0.05, 0) is 113 Å². The van der Waals surface area contributed by atoms with Crippen molar-refractivity contribution in [1.29, 1.82) is 0 Å². The van der Waals surface area contributed by atoms with Gasteiger partial charge in [-0.15, -0.1) is 0 Å². The molecule has 0 aliphatic heterocycles. The van der Waals surface area contributed by atoms with Crippen molar-refractivity contribution >= 4 is 27.8 Å². The molecular formula is C58H45N. The summed E-state index contributed by atoms with van der Waals surface area (Å²) in [5.41, 5.74) is 21.4. The molecule has 0 amide bonds. The van der Waals surface area contributed by atoms with E-state index in [1.165, 1.54) is 88.7 Å². The number of benzene rings is 9. The van der Waals surface area contributed by atoms with E-state index in [0.29, 0.717) is 0 Å². The van der Waals surface area contributed by atoms with Crippen molar-refractivity contribution in [2.75, 3.05) is 4.90 Å². The zero-order valence-corrected chi connectivity index (χ0v) is 34.0. The third-order valence-corrected chi connectivity index (χ3v) is 13.3. The molecule has 0 radical (unpaired) electrons. The summed E-state index contributed by atoms with van der Waals surface area (Å²) in [6.07, 6.45) is 0. The van der Waals surface area contributed by atoms with E-state index in [1.54, 1.807) is 0 Å². The number of hydrogen-bond acceptors (Lipinski definition) is 1. The fourth-order valence-electron chi connectivity index (χ4n) is 10.4. The highest BCUT2D eigenvalue weighted by Gasteiger charge is 2.38. The molecule has 9 aromatic carbocycles. The fraction of sp³-hybridized carbons (Fsp3) is 0.103. The molecule has 0 N–H and O–H groups in total. The summed E-state index contributed by atoms with van der Waals surface area (Å²) < 4.78 is 0. The van der Waals surface area contributed by atoms with Crippen molar-refractivity contribution < 1.29 is 0 Å². The lowest BCUT2D eigenvalue weighted by Gasteiger charge is -2.30. The smallest absolute Gasteiger partial charge is 0.0540 e. The molecule has 0 heterocycles. The second-order valence-electron chi connectivity index (χ2n) is 17.3. The van der Waals surface area contributed by atoms with Crippen molar-refractivity contribution in [3.05, 3.63) is 222 Å². The normalized spacial score (nSPS) is 14.0. The standard InChI is InChI=1S/C58H45N/c1-57(2)50-27-11-8-21-45(50)49-37-42(35-36-52(49)57)59(54-30-13-10-22-46(54)47-26-16-29-53-56(47)48-23-9-12-28-51(48)58(53,3)4)41-33-31-39(32-34-41)44-25-15-20-40-19-14-24-43(55(40)44)38-17-6-5-7-18-38/h5-37H,1-4H3. The number of hydrogen-bond donors (Lipinski definition) is 0. The Kier molecular flexibility index (Phi) is 7.94. The first kappa shape index (κ1) is 35.2. The molecule has 1 nitrogen and oxygen atoms in total. The van der Waals surface area contributed by atoms with Gasteiger partial charge in [-0.25, -0.2) is 0 Å². The Morgan fingerprint density at radius 3 is 1.54 bits per heavy atom. The summed E-state index contributed by atoms with van der Waals surface area (Å²) in [7, 11) is 0. The Bertz CT molecular complexity index is 3090. The Morgan fingerprint density at radius 1 is 0.322 bits per heavy atom. The largest absolute Gasteiger partial charge is 0.310 e. The van der Waals surface area contributed by atoms with Crippen LogP contribution in [-0.2, 0) is 10.8 Å². The van der Waals surface area contributed by atoms with Crippen LogP contribution in [0.2, 0.25) is 0 Å². The third-order valence-electron chi connectivity index (χ3n) is 13.3. The molecule has 0 unspecified atom stereocenters. The van der Waals surface area contributed by atoms with Gasteiger partial charge in [-0.2, -0.15) is 0 Å². The summed E-state index contributed by atoms with van der Waals surface area (Å²) in [5, 5.41) is 2.52. The minimum Gasteiger partial charge on any atom is -0.310 e. The van der Waals surface area contributed by atoms with Crippen LogP contribution in [0, 0.1) is 0 Å². The van der Waals surface area contributed by atoms with E-state index in [1.807, 2.05) is 0 Å². The molecule has 282 valence electrons. The summed E-state index contributed by atoms with van der Waals surface area (Å²) >= 11 is 0. The number of para-hydroxylation sites is 1. The SMILES string of the molecule is CC1(C)c2ccccc2-c2cc(N(c3ccc(-c4cccc5cccc(-c6ccccc6)c45)cc3)c3ccccc3-c3cccc4c3-c3ccccc3C4(C)C)ccc21. The highest BCUT2D eigenvalue weighted by molar-refractivity contribution is 6.07. The van der Waals surface area contributed by atoms with Crippen LogP contribution >= 0.6 is 0 Å². The van der Waals surface area contributed by atoms with Crippen molar-refractivity contribution in [3.8, 4) is 55.6 Å². The monoisotopic (exact) mass is 755 g/mol. The summed E-state index contributed by atoms with van der Waals surface area (Å²) in [4.78, 5) is 2.48. The number of fused-ring (bicyclic) bond motifs is 7. The van der Waals surface area contributed by atoms with Crippen LogP contribution in [0.15, 0.2) is 200 Å². The van der Waals surface area contributed by atoms with Crippen molar-refractivity contribution in [2.45, 2.75) is 38.5 Å². The van der Waals surface area contributed by atoms with Gasteiger partial charge in [0, 0.05) is 27.8 Å². The molecule has 0 saturated heterocycles. The molecule has 9 aromatic rings. The minimum atomic E-state index is -0.0887. The zero-order valence-electron chi connectivity index (χ0n) is 34.0. The quantitative estimate of drug-likeness (QED) is 0.163. The van der Waals surface area contributed by atoms with Crippen LogP contribution in [0.3, 0.4) is 0 Å². The Labute approximate surface area is 347 Å². The van der Waals surface area contributed by atoms with E-state index in [4.69, 9.17) is 0 Å². The van der Waals surface area contributed by atoms with Gasteiger partial charge in [0.05, 0.1) is 5.69 Å². The summed E-state index contributed by atoms with van der Waals surface area (Å²) in [5.74, 6) is 0. The van der Waals surface area contributed by atoms with Gasteiger partial charge in [0.15, 0.2) is 0 Å². The second-order valence-corrected chi connectivity index (χ2v) is 17.3. The van der Waals surface area contributed by atoms with E-state index in [2.05, 4.69) is 233 Å². The average Bonchev–Trinajstić information content (AvgIpc) is 3.66. The van der Waals surface area contributed by atoms with Crippen LogP contribution in [0.1, 0.15) is 49.9 Å². The predicted molar refractivity (Wildman–Crippen MR) is 250 cm³/mol. The van der Waals surface area contributed by atoms with Crippen LogP contribution in [-0.4, -0.2) is 0 Å². The third kappa shape index (κ3) is 5.38. The topological polar surface area (TPSA) is 3.24 Å². The van der Waals surface area contributed by atoms with Crippen molar-refractivity contribution in [1.82, 2.24) is 0 Å². The van der Waals surface area contributed by atoms with Crippen LogP contribution < -0.4 is 4.90 Å². The molecule has 2 aliphatic carbocycles. The lowest BCUT2D eigenvalue weighted by Crippen LogP contribution is -2.15. The number of rotatable bonds is 6. The molecular weight excluding hydrogens is 711 g/mol. The molecule has 0 saturated carbocycles. The fourth-order valence-corrected chi connectivity index (χ4v) is 10.4. The van der Waals surface area contributed by atoms with Crippen LogP contribution in [0.4, 0.5) is 17.1 Å². The first-order chi connectivity index (χ1) is 28.8. The van der Waals surface area contributed by atoms with Gasteiger partial charge in [0.25, 0.3) is 0 Å². The Hall–Kier alpha value is -6.96. The van der Waals surface area contributed by atoms with E-state index in [0.717, 1.165) is 17.1 Å². The van der Waals surface area contributed by atoms with Gasteiger partial charge in [0.2, 0.25) is 0 Å². The van der Waals surface area contributed by atoms with Crippen molar-refractivity contribution in [3.63, 3.8) is 0 Å². The predicted octanol–water partition coefficient (Wildman–Crippen LogP) is 15.9. The van der Waals surface area contributed by atoms with Gasteiger partial charge in [-0.1, -0.05) is 198 Å². The zero-order chi connectivity index (χ0) is 39.9. The summed E-state index contributed by atoms with van der Waals surface area (Å²) in [6.45, 7) is 9.44. The molecule has 0 aromatic heterocycles. The average molecular weight is 756 g/mol. The lowest BCUT2D eigenvalue weighted by molar-refractivity contribution is 0.660. The molecule has 2 aliphatic rings. The highest BCUT2D eigenvalue weighted by atomic mass is 15.1. The molecule has 0 spiro atoms. The molecule has 0 fully saturated rings. The maximum Gasteiger partial charge on any atom is 0.0540 e. The van der Waals surface area contributed by atoms with Crippen LogP contribution in [0.25, 0.3) is 66.4 Å². The minimum absolute atomic E-state index is 0.0727. The van der Waals surface area contributed by atoms with E-state index in [9.17, 15) is 0 Å². The van der Waals surface area contributed by atoms with Crippen molar-refractivity contribution in [2.24, 2.45) is 0 Å². The van der Waals surface area contributed by atoms with Gasteiger partial charge < -0.3 is 4.90 Å². The maximum absolute atomic E-state index is 2.48. The molecule has 0 atom stereocenters. The molecule has 1 heteroatoms. The first-order valence-corrected chi connectivity index (χ1v) is 20.9. The highest BCUT2D eigenvalue weighted by Crippen LogP contribution is 2.55. The first-order valence-electron chi connectivity index (χ1n) is 20.9. The van der Waals surface area contributed by atoms with E-state index >= 15 is 0 Å². The Balaban J connectivity index is 1.12. The molecule has 59 heavy (non-hydrogen) atoms. The van der Waals surface area contributed by atoms with Gasteiger partial charge >= 0.3 is 0 Å². The number of nitrogens with zero attached hydrogens (tertiary/aromatic N) is 1. The van der Waals surface area contributed by atoms with Gasteiger partial charge in [0.1, 0.15) is 0 Å². The van der Waals surface area contributed by atoms with Gasteiger partial charge in [-0.3, -0.25) is 0 Å². The Morgan fingerprint density at radius 2 is 0.814 bits per heavy atom. The van der Waals surface area contributed by atoms with E-state index < -0.39 is 0 Å². The van der Waals surface area contributed by atoms with E-state index in [-0.39, 0.29) is 10.8 Å². The summed E-state index contributed by atoms with van der Waals surface area (Å²) in [6, 6.07) is 74.3. The molecule has 11 rings (SSSR count). The van der Waals surface area contributed by atoms with Crippen LogP contribution in [0.5, 0.6) is 0 Å². The maximum atomic E-state index is 2.48. The lowest BCUT2D eigenvalue weighted by atomic mass is 9.82. The second kappa shape index (κ2) is 13.3. The molecule has 0 bridgehead atoms. The number of anilines is 3.